The molecule has 3 heterocycles. The number of pyridine rings is 1. The van der Waals surface area contributed by atoms with Gasteiger partial charge in [0.15, 0.2) is 5.65 Å². The predicted molar refractivity (Wildman–Crippen MR) is 106 cm³/mol. The third-order valence-electron chi connectivity index (χ3n) is 4.06. The zero-order chi connectivity index (χ0) is 20.1. The molecule has 1 amide bonds. The van der Waals surface area contributed by atoms with Crippen molar-refractivity contribution in [2.45, 2.75) is 20.0 Å². The predicted octanol–water partition coefficient (Wildman–Crippen LogP) is 2.69. The SMILES string of the molecule is COc1ccncc1-c1cnn2ccc(NCCN(C)C(=O)OC(C)C)nc12. The Kier molecular flexibility index (Phi) is 5.93. The zero-order valence-electron chi connectivity index (χ0n) is 16.4. The molecule has 0 saturated carbocycles. The lowest BCUT2D eigenvalue weighted by atomic mass is 10.1. The molecule has 148 valence electrons. The van der Waals surface area contributed by atoms with Crippen LogP contribution in [0.4, 0.5) is 10.6 Å². The van der Waals surface area contributed by atoms with Crippen molar-refractivity contribution in [2.75, 3.05) is 32.6 Å². The van der Waals surface area contributed by atoms with Crippen LogP contribution in [0.1, 0.15) is 13.8 Å². The second-order valence-electron chi connectivity index (χ2n) is 6.50. The second-order valence-corrected chi connectivity index (χ2v) is 6.50. The number of likely N-dealkylation sites (N-methyl/N-ethyl adjacent to an activating group) is 1. The first-order valence-corrected chi connectivity index (χ1v) is 8.98. The molecule has 0 aliphatic carbocycles. The van der Waals surface area contributed by atoms with Crippen molar-refractivity contribution in [3.63, 3.8) is 0 Å². The monoisotopic (exact) mass is 384 g/mol. The lowest BCUT2D eigenvalue weighted by Crippen LogP contribution is -2.33. The van der Waals surface area contributed by atoms with Gasteiger partial charge in [0, 0.05) is 44.3 Å². The summed E-state index contributed by atoms with van der Waals surface area (Å²) in [7, 11) is 3.32. The minimum atomic E-state index is -0.345. The number of fused-ring (bicyclic) bond motifs is 1. The highest BCUT2D eigenvalue weighted by Gasteiger charge is 2.14. The number of hydrogen-bond donors (Lipinski definition) is 1. The minimum Gasteiger partial charge on any atom is -0.496 e. The minimum absolute atomic E-state index is 0.142. The summed E-state index contributed by atoms with van der Waals surface area (Å²) in [5.41, 5.74) is 2.33. The molecule has 3 rings (SSSR count). The van der Waals surface area contributed by atoms with Crippen LogP contribution in [0, 0.1) is 0 Å². The van der Waals surface area contributed by atoms with Gasteiger partial charge in [-0.05, 0) is 26.0 Å². The molecule has 9 nitrogen and oxygen atoms in total. The van der Waals surface area contributed by atoms with Gasteiger partial charge in [0.2, 0.25) is 0 Å². The standard InChI is InChI=1S/C19H24N6O3/c1-13(2)28-19(26)24(3)10-8-21-17-6-9-25-18(23-17)15(12-22-25)14-11-20-7-5-16(14)27-4/h5-7,9,11-13H,8,10H2,1-4H3,(H,21,23). The van der Waals surface area contributed by atoms with E-state index in [4.69, 9.17) is 9.47 Å². The van der Waals surface area contributed by atoms with Gasteiger partial charge in [-0.15, -0.1) is 0 Å². The van der Waals surface area contributed by atoms with Gasteiger partial charge in [-0.3, -0.25) is 4.98 Å². The smallest absolute Gasteiger partial charge is 0.409 e. The van der Waals surface area contributed by atoms with Gasteiger partial charge < -0.3 is 19.7 Å². The number of amides is 1. The average Bonchev–Trinajstić information content (AvgIpc) is 3.10. The number of nitrogens with zero attached hydrogens (tertiary/aromatic N) is 5. The molecular formula is C19H24N6O3. The molecule has 28 heavy (non-hydrogen) atoms. The van der Waals surface area contributed by atoms with E-state index in [1.165, 1.54) is 4.90 Å². The van der Waals surface area contributed by atoms with Crippen LogP contribution in [-0.2, 0) is 4.74 Å². The highest BCUT2D eigenvalue weighted by atomic mass is 16.6. The summed E-state index contributed by atoms with van der Waals surface area (Å²) < 4.78 is 12.3. The van der Waals surface area contributed by atoms with Crippen LogP contribution in [0.5, 0.6) is 5.75 Å². The van der Waals surface area contributed by atoms with Crippen LogP contribution >= 0.6 is 0 Å². The van der Waals surface area contributed by atoms with Gasteiger partial charge in [-0.1, -0.05) is 0 Å². The number of ether oxygens (including phenoxy) is 2. The van der Waals surface area contributed by atoms with E-state index in [0.29, 0.717) is 30.3 Å². The highest BCUT2D eigenvalue weighted by Crippen LogP contribution is 2.31. The van der Waals surface area contributed by atoms with Crippen LogP contribution in [-0.4, -0.2) is 63.9 Å². The van der Waals surface area contributed by atoms with Crippen molar-refractivity contribution in [3.8, 4) is 16.9 Å². The second kappa shape index (κ2) is 8.55. The number of carbonyl (C=O) groups is 1. The Bertz CT molecular complexity index is 956. The number of nitrogens with one attached hydrogen (secondary N) is 1. The summed E-state index contributed by atoms with van der Waals surface area (Å²) in [6.45, 7) is 4.67. The molecule has 0 saturated heterocycles. The van der Waals surface area contributed by atoms with Crippen molar-refractivity contribution in [1.29, 1.82) is 0 Å². The first kappa shape index (κ1) is 19.4. The number of hydrogen-bond acceptors (Lipinski definition) is 7. The Morgan fingerprint density at radius 1 is 1.29 bits per heavy atom. The van der Waals surface area contributed by atoms with E-state index in [1.54, 1.807) is 43.3 Å². The number of rotatable bonds is 7. The fourth-order valence-corrected chi connectivity index (χ4v) is 2.65. The molecule has 9 heteroatoms. The number of carbonyl (C=O) groups excluding carboxylic acids is 1. The Morgan fingerprint density at radius 3 is 2.86 bits per heavy atom. The summed E-state index contributed by atoms with van der Waals surface area (Å²) in [4.78, 5) is 22.2. The van der Waals surface area contributed by atoms with Gasteiger partial charge in [0.25, 0.3) is 0 Å². The van der Waals surface area contributed by atoms with Crippen LogP contribution < -0.4 is 10.1 Å². The van der Waals surface area contributed by atoms with Gasteiger partial charge >= 0.3 is 6.09 Å². The Balaban J connectivity index is 1.73. The Labute approximate surface area is 163 Å². The van der Waals surface area contributed by atoms with E-state index in [9.17, 15) is 4.79 Å². The summed E-state index contributed by atoms with van der Waals surface area (Å²) in [5.74, 6) is 1.39. The van der Waals surface area contributed by atoms with E-state index < -0.39 is 0 Å². The summed E-state index contributed by atoms with van der Waals surface area (Å²) >= 11 is 0. The molecule has 3 aromatic rings. The largest absolute Gasteiger partial charge is 0.496 e. The first-order chi connectivity index (χ1) is 13.5. The van der Waals surface area contributed by atoms with Crippen LogP contribution in [0.15, 0.2) is 36.9 Å². The van der Waals surface area contributed by atoms with Gasteiger partial charge in [0.1, 0.15) is 11.6 Å². The summed E-state index contributed by atoms with van der Waals surface area (Å²) in [5, 5.41) is 7.57. The molecule has 0 aromatic carbocycles. The fourth-order valence-electron chi connectivity index (χ4n) is 2.65. The average molecular weight is 384 g/mol. The molecule has 0 fully saturated rings. The first-order valence-electron chi connectivity index (χ1n) is 8.98. The maximum Gasteiger partial charge on any atom is 0.409 e. The lowest BCUT2D eigenvalue weighted by Gasteiger charge is -2.19. The normalized spacial score (nSPS) is 10.9. The van der Waals surface area contributed by atoms with Crippen molar-refractivity contribution in [2.24, 2.45) is 0 Å². The topological polar surface area (TPSA) is 93.9 Å². The van der Waals surface area contributed by atoms with Crippen LogP contribution in [0.2, 0.25) is 0 Å². The zero-order valence-corrected chi connectivity index (χ0v) is 16.4. The molecule has 0 aliphatic rings. The third-order valence-corrected chi connectivity index (χ3v) is 4.06. The maximum atomic E-state index is 11.8. The highest BCUT2D eigenvalue weighted by molar-refractivity contribution is 5.81. The molecule has 1 N–H and O–H groups in total. The molecule has 0 unspecified atom stereocenters. The van der Waals surface area contributed by atoms with Crippen molar-refractivity contribution >= 4 is 17.6 Å². The summed E-state index contributed by atoms with van der Waals surface area (Å²) in [6.07, 6.45) is 6.48. The molecule has 3 aromatic heterocycles. The lowest BCUT2D eigenvalue weighted by molar-refractivity contribution is 0.0851. The number of aromatic nitrogens is 4. The van der Waals surface area contributed by atoms with Crippen LogP contribution in [0.25, 0.3) is 16.8 Å². The van der Waals surface area contributed by atoms with Crippen molar-refractivity contribution in [3.05, 3.63) is 36.9 Å². The molecule has 0 aliphatic heterocycles. The molecule has 0 radical (unpaired) electrons. The van der Waals surface area contributed by atoms with E-state index in [0.717, 1.165) is 11.1 Å². The van der Waals surface area contributed by atoms with E-state index in [1.807, 2.05) is 26.1 Å². The van der Waals surface area contributed by atoms with E-state index in [-0.39, 0.29) is 12.2 Å². The Morgan fingerprint density at radius 2 is 2.11 bits per heavy atom. The number of methoxy groups -OCH3 is 1. The Hall–Kier alpha value is -3.36. The van der Waals surface area contributed by atoms with Gasteiger partial charge in [0.05, 0.1) is 25.0 Å². The van der Waals surface area contributed by atoms with Crippen LogP contribution in [0.3, 0.4) is 0 Å². The third kappa shape index (κ3) is 4.30. The fraction of sp³-hybridized carbons (Fsp3) is 0.368. The quantitative estimate of drug-likeness (QED) is 0.669. The van der Waals surface area contributed by atoms with Crippen molar-refractivity contribution < 1.29 is 14.3 Å². The molecule has 0 spiro atoms. The molecule has 0 bridgehead atoms. The maximum absolute atomic E-state index is 11.8. The van der Waals surface area contributed by atoms with E-state index in [2.05, 4.69) is 20.4 Å². The number of anilines is 1. The van der Waals surface area contributed by atoms with Crippen molar-refractivity contribution in [1.82, 2.24) is 24.5 Å². The summed E-state index contributed by atoms with van der Waals surface area (Å²) in [6, 6.07) is 3.63. The molecule has 0 atom stereocenters. The molecular weight excluding hydrogens is 360 g/mol. The van der Waals surface area contributed by atoms with Gasteiger partial charge in [-0.2, -0.15) is 5.10 Å². The van der Waals surface area contributed by atoms with Gasteiger partial charge in [-0.25, -0.2) is 14.3 Å². The van der Waals surface area contributed by atoms with E-state index >= 15 is 0 Å².